The SMILES string of the molecule is CCC1(NCc2ccc(-n3ccnc3)cc2)CCC1. The number of rotatable bonds is 5. The van der Waals surface area contributed by atoms with E-state index in [1.54, 1.807) is 6.20 Å². The second-order valence-corrected chi connectivity index (χ2v) is 5.48. The zero-order valence-corrected chi connectivity index (χ0v) is 11.5. The van der Waals surface area contributed by atoms with E-state index in [1.165, 1.54) is 31.2 Å². The van der Waals surface area contributed by atoms with Gasteiger partial charge in [0.25, 0.3) is 0 Å². The van der Waals surface area contributed by atoms with E-state index < -0.39 is 0 Å². The molecule has 19 heavy (non-hydrogen) atoms. The Morgan fingerprint density at radius 1 is 1.26 bits per heavy atom. The Morgan fingerprint density at radius 2 is 2.05 bits per heavy atom. The highest BCUT2D eigenvalue weighted by Gasteiger charge is 2.33. The molecule has 3 nitrogen and oxygen atoms in total. The van der Waals surface area contributed by atoms with Crippen LogP contribution in [0.3, 0.4) is 0 Å². The van der Waals surface area contributed by atoms with E-state index in [1.807, 2.05) is 17.1 Å². The largest absolute Gasteiger partial charge is 0.307 e. The van der Waals surface area contributed by atoms with Crippen LogP contribution < -0.4 is 5.32 Å². The van der Waals surface area contributed by atoms with Gasteiger partial charge in [-0.05, 0) is 43.4 Å². The Labute approximate surface area is 114 Å². The van der Waals surface area contributed by atoms with Gasteiger partial charge < -0.3 is 9.88 Å². The van der Waals surface area contributed by atoms with Gasteiger partial charge in [0.2, 0.25) is 0 Å². The first-order chi connectivity index (χ1) is 9.31. The molecule has 1 saturated carbocycles. The van der Waals surface area contributed by atoms with Crippen LogP contribution in [0.2, 0.25) is 0 Å². The van der Waals surface area contributed by atoms with Crippen LogP contribution in [0.1, 0.15) is 38.2 Å². The van der Waals surface area contributed by atoms with Gasteiger partial charge >= 0.3 is 0 Å². The average Bonchev–Trinajstić information content (AvgIpc) is 2.93. The summed E-state index contributed by atoms with van der Waals surface area (Å²) >= 11 is 0. The van der Waals surface area contributed by atoms with Gasteiger partial charge in [-0.1, -0.05) is 19.1 Å². The molecule has 1 aliphatic rings. The van der Waals surface area contributed by atoms with E-state index in [-0.39, 0.29) is 0 Å². The molecule has 1 heterocycles. The molecule has 0 aliphatic heterocycles. The zero-order valence-electron chi connectivity index (χ0n) is 11.5. The van der Waals surface area contributed by atoms with Crippen LogP contribution in [0.5, 0.6) is 0 Å². The zero-order chi connectivity index (χ0) is 13.1. The first-order valence-electron chi connectivity index (χ1n) is 7.14. The fourth-order valence-corrected chi connectivity index (χ4v) is 2.75. The van der Waals surface area contributed by atoms with Crippen LogP contribution in [0.4, 0.5) is 0 Å². The molecule has 0 saturated heterocycles. The minimum absolute atomic E-state index is 0.420. The standard InChI is InChI=1S/C16H21N3/c1-2-16(8-3-9-16)18-12-14-4-6-15(7-5-14)19-11-10-17-13-19/h4-7,10-11,13,18H,2-3,8-9,12H2,1H3. The summed E-state index contributed by atoms with van der Waals surface area (Å²) in [6, 6.07) is 8.70. The van der Waals surface area contributed by atoms with Crippen LogP contribution >= 0.6 is 0 Å². The quantitative estimate of drug-likeness (QED) is 0.888. The second kappa shape index (κ2) is 5.17. The van der Waals surface area contributed by atoms with Gasteiger partial charge in [0.15, 0.2) is 0 Å². The Hall–Kier alpha value is -1.61. The highest BCUT2D eigenvalue weighted by molar-refractivity contribution is 5.34. The summed E-state index contributed by atoms with van der Waals surface area (Å²) in [7, 11) is 0. The molecule has 2 aromatic rings. The van der Waals surface area contributed by atoms with Gasteiger partial charge in [-0.25, -0.2) is 4.98 Å². The topological polar surface area (TPSA) is 29.9 Å². The second-order valence-electron chi connectivity index (χ2n) is 5.48. The van der Waals surface area contributed by atoms with Gasteiger partial charge in [-0.2, -0.15) is 0 Å². The molecule has 3 rings (SSSR count). The Bertz CT molecular complexity index is 504. The summed E-state index contributed by atoms with van der Waals surface area (Å²) < 4.78 is 2.02. The smallest absolute Gasteiger partial charge is 0.0991 e. The number of aromatic nitrogens is 2. The summed E-state index contributed by atoms with van der Waals surface area (Å²) in [5.74, 6) is 0. The van der Waals surface area contributed by atoms with Crippen molar-refractivity contribution in [2.75, 3.05) is 0 Å². The van der Waals surface area contributed by atoms with Crippen molar-refractivity contribution in [3.05, 3.63) is 48.5 Å². The van der Waals surface area contributed by atoms with Crippen molar-refractivity contribution in [1.29, 1.82) is 0 Å². The number of hydrogen-bond donors (Lipinski definition) is 1. The molecule has 1 aliphatic carbocycles. The molecule has 1 N–H and O–H groups in total. The van der Waals surface area contributed by atoms with Crippen LogP contribution in [-0.2, 0) is 6.54 Å². The van der Waals surface area contributed by atoms with Crippen molar-refractivity contribution in [1.82, 2.24) is 14.9 Å². The first-order valence-corrected chi connectivity index (χ1v) is 7.14. The lowest BCUT2D eigenvalue weighted by atomic mass is 9.75. The number of imidazole rings is 1. The van der Waals surface area contributed by atoms with Crippen LogP contribution in [0.15, 0.2) is 43.0 Å². The van der Waals surface area contributed by atoms with E-state index in [0.717, 1.165) is 12.2 Å². The minimum Gasteiger partial charge on any atom is -0.307 e. The van der Waals surface area contributed by atoms with E-state index in [2.05, 4.69) is 41.5 Å². The van der Waals surface area contributed by atoms with Crippen molar-refractivity contribution in [2.45, 2.75) is 44.7 Å². The fourth-order valence-electron chi connectivity index (χ4n) is 2.75. The van der Waals surface area contributed by atoms with Gasteiger partial charge in [-0.15, -0.1) is 0 Å². The third-order valence-electron chi connectivity index (χ3n) is 4.39. The molecule has 1 fully saturated rings. The van der Waals surface area contributed by atoms with E-state index >= 15 is 0 Å². The fraction of sp³-hybridized carbons (Fsp3) is 0.438. The van der Waals surface area contributed by atoms with E-state index in [0.29, 0.717) is 5.54 Å². The molecule has 0 unspecified atom stereocenters. The highest BCUT2D eigenvalue weighted by Crippen LogP contribution is 2.34. The lowest BCUT2D eigenvalue weighted by molar-refractivity contribution is 0.175. The maximum Gasteiger partial charge on any atom is 0.0991 e. The first kappa shape index (κ1) is 12.4. The Morgan fingerprint density at radius 3 is 2.58 bits per heavy atom. The summed E-state index contributed by atoms with van der Waals surface area (Å²) in [4.78, 5) is 4.07. The number of hydrogen-bond acceptors (Lipinski definition) is 2. The molecule has 3 heteroatoms. The van der Waals surface area contributed by atoms with Gasteiger partial charge in [0.1, 0.15) is 0 Å². The number of nitrogens with zero attached hydrogens (tertiary/aromatic N) is 2. The molecule has 0 atom stereocenters. The molecule has 0 bridgehead atoms. The van der Waals surface area contributed by atoms with Crippen molar-refractivity contribution in [2.24, 2.45) is 0 Å². The molecular weight excluding hydrogens is 234 g/mol. The molecule has 0 spiro atoms. The Kier molecular flexibility index (Phi) is 3.38. The monoisotopic (exact) mass is 255 g/mol. The molecule has 1 aromatic heterocycles. The van der Waals surface area contributed by atoms with Gasteiger partial charge in [0, 0.05) is 30.2 Å². The molecule has 0 radical (unpaired) electrons. The van der Waals surface area contributed by atoms with E-state index in [9.17, 15) is 0 Å². The predicted octanol–water partition coefficient (Wildman–Crippen LogP) is 3.29. The Balaban J connectivity index is 1.63. The lowest BCUT2D eigenvalue weighted by Gasteiger charge is -2.42. The molecule has 100 valence electrons. The van der Waals surface area contributed by atoms with Crippen molar-refractivity contribution in [3.63, 3.8) is 0 Å². The van der Waals surface area contributed by atoms with Crippen LogP contribution in [0, 0.1) is 0 Å². The van der Waals surface area contributed by atoms with Gasteiger partial charge in [-0.3, -0.25) is 0 Å². The minimum atomic E-state index is 0.420. The van der Waals surface area contributed by atoms with Crippen molar-refractivity contribution < 1.29 is 0 Å². The van der Waals surface area contributed by atoms with Crippen LogP contribution in [0.25, 0.3) is 5.69 Å². The molecule has 1 aromatic carbocycles. The maximum absolute atomic E-state index is 4.07. The van der Waals surface area contributed by atoms with E-state index in [4.69, 9.17) is 0 Å². The molecular formula is C16H21N3. The lowest BCUT2D eigenvalue weighted by Crippen LogP contribution is -2.49. The third kappa shape index (κ3) is 2.56. The summed E-state index contributed by atoms with van der Waals surface area (Å²) in [5, 5.41) is 3.73. The summed E-state index contributed by atoms with van der Waals surface area (Å²) in [5.41, 5.74) is 2.93. The normalized spacial score (nSPS) is 17.1. The summed E-state index contributed by atoms with van der Waals surface area (Å²) in [6.45, 7) is 3.26. The third-order valence-corrected chi connectivity index (χ3v) is 4.39. The maximum atomic E-state index is 4.07. The average molecular weight is 255 g/mol. The number of benzene rings is 1. The van der Waals surface area contributed by atoms with Gasteiger partial charge in [0.05, 0.1) is 6.33 Å². The highest BCUT2D eigenvalue weighted by atomic mass is 15.0. The summed E-state index contributed by atoms with van der Waals surface area (Å²) in [6.07, 6.45) is 10.9. The van der Waals surface area contributed by atoms with Crippen molar-refractivity contribution in [3.8, 4) is 5.69 Å². The number of nitrogens with one attached hydrogen (secondary N) is 1. The predicted molar refractivity (Wildman–Crippen MR) is 77.3 cm³/mol. The van der Waals surface area contributed by atoms with Crippen molar-refractivity contribution >= 4 is 0 Å². The van der Waals surface area contributed by atoms with Crippen LogP contribution in [-0.4, -0.2) is 15.1 Å². The molecule has 0 amide bonds.